The fourth-order valence-corrected chi connectivity index (χ4v) is 2.68. The molecular formula is C15H21NO2. The minimum Gasteiger partial charge on any atom is -0.508 e. The van der Waals surface area contributed by atoms with Gasteiger partial charge in [0.25, 0.3) is 0 Å². The minimum atomic E-state index is -1.02. The lowest BCUT2D eigenvalue weighted by atomic mass is 9.75. The third-order valence-corrected chi connectivity index (χ3v) is 3.53. The molecule has 18 heavy (non-hydrogen) atoms. The third-order valence-electron chi connectivity index (χ3n) is 3.53. The predicted octanol–water partition coefficient (Wildman–Crippen LogP) is 2.60. The Morgan fingerprint density at radius 3 is 2.61 bits per heavy atom. The lowest BCUT2D eigenvalue weighted by molar-refractivity contribution is 0.0447. The van der Waals surface area contributed by atoms with Gasteiger partial charge in [0, 0.05) is 25.9 Å². The predicted molar refractivity (Wildman–Crippen MR) is 72.2 cm³/mol. The number of hydrogen-bond acceptors (Lipinski definition) is 3. The molecule has 1 atom stereocenters. The number of hydrogen-bond donors (Lipinski definition) is 2. The van der Waals surface area contributed by atoms with Gasteiger partial charge in [-0.15, -0.1) is 0 Å². The number of phenols is 1. The average molecular weight is 247 g/mol. The minimum absolute atomic E-state index is 0.173. The van der Waals surface area contributed by atoms with E-state index in [1.807, 2.05) is 37.3 Å². The van der Waals surface area contributed by atoms with Gasteiger partial charge in [0.05, 0.1) is 0 Å². The Bertz CT molecular complexity index is 454. The summed E-state index contributed by atoms with van der Waals surface area (Å²) >= 11 is 0. The maximum Gasteiger partial charge on any atom is 0.122 e. The number of para-hydroxylation sites is 1. The zero-order valence-electron chi connectivity index (χ0n) is 11.1. The molecule has 0 saturated heterocycles. The van der Waals surface area contributed by atoms with E-state index in [1.165, 1.54) is 0 Å². The van der Waals surface area contributed by atoms with Crippen LogP contribution in [0.4, 0.5) is 0 Å². The van der Waals surface area contributed by atoms with E-state index in [0.29, 0.717) is 12.0 Å². The van der Waals surface area contributed by atoms with Crippen LogP contribution in [-0.2, 0) is 5.60 Å². The normalized spacial score (nSPS) is 26.3. The zero-order chi connectivity index (χ0) is 13.2. The maximum absolute atomic E-state index is 11.0. The molecule has 2 N–H and O–H groups in total. The zero-order valence-corrected chi connectivity index (χ0v) is 11.1. The molecule has 2 rings (SSSR count). The lowest BCUT2D eigenvalue weighted by Gasteiger charge is -2.36. The number of rotatable bonds is 2. The number of aliphatic hydroxyl groups is 1. The second-order valence-corrected chi connectivity index (χ2v) is 5.20. The van der Waals surface area contributed by atoms with Crippen LogP contribution in [0.5, 0.6) is 5.75 Å². The molecule has 0 spiro atoms. The Labute approximate surface area is 108 Å². The van der Waals surface area contributed by atoms with Crippen LogP contribution in [0.1, 0.15) is 31.2 Å². The summed E-state index contributed by atoms with van der Waals surface area (Å²) in [4.78, 5) is 1.95. The molecule has 3 heteroatoms. The van der Waals surface area contributed by atoms with Crippen molar-refractivity contribution < 1.29 is 10.2 Å². The van der Waals surface area contributed by atoms with Gasteiger partial charge in [0.15, 0.2) is 0 Å². The monoisotopic (exact) mass is 247 g/mol. The number of aromatic hydroxyl groups is 1. The summed E-state index contributed by atoms with van der Waals surface area (Å²) in [5.74, 6) is 0.173. The van der Waals surface area contributed by atoms with E-state index in [1.54, 1.807) is 12.1 Å². The molecule has 0 bridgehead atoms. The second kappa shape index (κ2) is 5.02. The van der Waals surface area contributed by atoms with Crippen LogP contribution in [0, 0.1) is 0 Å². The van der Waals surface area contributed by atoms with E-state index in [9.17, 15) is 10.2 Å². The summed E-state index contributed by atoms with van der Waals surface area (Å²) in [7, 11) is 3.90. The fraction of sp³-hybridized carbons (Fsp3) is 0.467. The summed E-state index contributed by atoms with van der Waals surface area (Å²) in [6.07, 6.45) is 5.60. The van der Waals surface area contributed by atoms with Gasteiger partial charge in [0.2, 0.25) is 0 Å². The third kappa shape index (κ3) is 2.36. The summed E-state index contributed by atoms with van der Waals surface area (Å²) in [5, 5.41) is 21.0. The first kappa shape index (κ1) is 13.0. The summed E-state index contributed by atoms with van der Waals surface area (Å²) < 4.78 is 0. The van der Waals surface area contributed by atoms with Crippen molar-refractivity contribution in [2.45, 2.75) is 31.3 Å². The molecule has 98 valence electrons. The van der Waals surface area contributed by atoms with Crippen LogP contribution in [0.25, 0.3) is 0 Å². The molecule has 1 aliphatic rings. The van der Waals surface area contributed by atoms with Crippen molar-refractivity contribution in [1.29, 1.82) is 0 Å². The van der Waals surface area contributed by atoms with E-state index < -0.39 is 5.60 Å². The highest BCUT2D eigenvalue weighted by atomic mass is 16.3. The largest absolute Gasteiger partial charge is 0.508 e. The van der Waals surface area contributed by atoms with Crippen LogP contribution < -0.4 is 0 Å². The van der Waals surface area contributed by atoms with E-state index in [0.717, 1.165) is 24.8 Å². The molecule has 1 aromatic carbocycles. The standard InChI is InChI=1S/C15H21NO2/c1-16(2)11-12-7-5-6-10-15(12,18)13-8-3-4-9-14(13)17/h3-4,8-9,11,17-18H,5-7,10H2,1-2H3/t15-/m1/s1. The molecule has 1 saturated carbocycles. The fourth-order valence-electron chi connectivity index (χ4n) is 2.68. The molecule has 1 aliphatic carbocycles. The van der Waals surface area contributed by atoms with Gasteiger partial charge in [-0.25, -0.2) is 0 Å². The summed E-state index contributed by atoms with van der Waals surface area (Å²) in [5.41, 5.74) is 0.589. The Balaban J connectivity index is 2.46. The van der Waals surface area contributed by atoms with Crippen molar-refractivity contribution in [2.24, 2.45) is 0 Å². The molecule has 0 heterocycles. The Hall–Kier alpha value is -1.48. The van der Waals surface area contributed by atoms with Crippen molar-refractivity contribution in [2.75, 3.05) is 14.1 Å². The molecule has 1 aromatic rings. The first-order valence-corrected chi connectivity index (χ1v) is 6.42. The molecule has 1 fully saturated rings. The van der Waals surface area contributed by atoms with E-state index in [-0.39, 0.29) is 5.75 Å². The quantitative estimate of drug-likeness (QED) is 0.844. The Kier molecular flexibility index (Phi) is 3.62. The molecule has 0 unspecified atom stereocenters. The number of nitrogens with zero attached hydrogens (tertiary/aromatic N) is 1. The van der Waals surface area contributed by atoms with Crippen LogP contribution in [0.2, 0.25) is 0 Å². The van der Waals surface area contributed by atoms with Crippen LogP contribution in [0.15, 0.2) is 36.0 Å². The van der Waals surface area contributed by atoms with Crippen molar-refractivity contribution in [3.05, 3.63) is 41.6 Å². The Morgan fingerprint density at radius 2 is 1.94 bits per heavy atom. The van der Waals surface area contributed by atoms with Gasteiger partial charge >= 0.3 is 0 Å². The topological polar surface area (TPSA) is 43.7 Å². The second-order valence-electron chi connectivity index (χ2n) is 5.20. The van der Waals surface area contributed by atoms with Crippen LogP contribution in [0.3, 0.4) is 0 Å². The SMILES string of the molecule is CN(C)C=C1CCCC[C@]1(O)c1ccccc1O. The van der Waals surface area contributed by atoms with Gasteiger partial charge < -0.3 is 15.1 Å². The lowest BCUT2D eigenvalue weighted by Crippen LogP contribution is -2.32. The van der Waals surface area contributed by atoms with Gasteiger partial charge in [-0.05, 0) is 37.3 Å². The summed E-state index contributed by atoms with van der Waals surface area (Å²) in [6, 6.07) is 7.08. The molecule has 0 amide bonds. The molecule has 0 radical (unpaired) electrons. The number of benzene rings is 1. The first-order chi connectivity index (χ1) is 8.54. The van der Waals surface area contributed by atoms with Gasteiger partial charge in [-0.3, -0.25) is 0 Å². The molecule has 0 aromatic heterocycles. The van der Waals surface area contributed by atoms with Crippen molar-refractivity contribution in [1.82, 2.24) is 4.90 Å². The van der Waals surface area contributed by atoms with Crippen molar-refractivity contribution in [3.63, 3.8) is 0 Å². The smallest absolute Gasteiger partial charge is 0.122 e. The van der Waals surface area contributed by atoms with E-state index >= 15 is 0 Å². The first-order valence-electron chi connectivity index (χ1n) is 6.42. The van der Waals surface area contributed by atoms with Crippen molar-refractivity contribution in [3.8, 4) is 5.75 Å². The highest BCUT2D eigenvalue weighted by Crippen LogP contribution is 2.44. The molecule has 0 aliphatic heterocycles. The van der Waals surface area contributed by atoms with E-state index in [4.69, 9.17) is 0 Å². The van der Waals surface area contributed by atoms with Crippen LogP contribution >= 0.6 is 0 Å². The highest BCUT2D eigenvalue weighted by molar-refractivity contribution is 5.43. The maximum atomic E-state index is 11.0. The molecule has 3 nitrogen and oxygen atoms in total. The number of phenolic OH excluding ortho intramolecular Hbond substituents is 1. The van der Waals surface area contributed by atoms with Gasteiger partial charge in [-0.1, -0.05) is 18.2 Å². The Morgan fingerprint density at radius 1 is 1.22 bits per heavy atom. The van der Waals surface area contributed by atoms with Gasteiger partial charge in [-0.2, -0.15) is 0 Å². The highest BCUT2D eigenvalue weighted by Gasteiger charge is 2.37. The van der Waals surface area contributed by atoms with Gasteiger partial charge in [0.1, 0.15) is 11.4 Å². The summed E-state index contributed by atoms with van der Waals surface area (Å²) in [6.45, 7) is 0. The molecular weight excluding hydrogens is 226 g/mol. The van der Waals surface area contributed by atoms with Crippen molar-refractivity contribution >= 4 is 0 Å². The van der Waals surface area contributed by atoms with E-state index in [2.05, 4.69) is 0 Å². The van der Waals surface area contributed by atoms with Crippen LogP contribution in [-0.4, -0.2) is 29.2 Å². The average Bonchev–Trinajstić information content (AvgIpc) is 2.32.